The van der Waals surface area contributed by atoms with Gasteiger partial charge in [-0.1, -0.05) is 26.0 Å². The fourth-order valence-corrected chi connectivity index (χ4v) is 2.58. The first-order valence-corrected chi connectivity index (χ1v) is 7.89. The first-order valence-electron chi connectivity index (χ1n) is 7.89. The number of nitrogens with one attached hydrogen (secondary N) is 1. The molecule has 0 spiro atoms. The predicted molar refractivity (Wildman–Crippen MR) is 85.1 cm³/mol. The molecule has 1 aromatic carbocycles. The standard InChI is InChI=1S/C17H28N2O/c1-14(2)17(20)13-18-12-15-6-8-16(9-7-15)19-10-4-3-5-11-19/h6-9,14,17-18,20H,3-5,10-13H2,1-2H3. The molecule has 1 aliphatic heterocycles. The number of benzene rings is 1. The van der Waals surface area contributed by atoms with Crippen LogP contribution in [-0.2, 0) is 6.54 Å². The van der Waals surface area contributed by atoms with Crippen molar-refractivity contribution in [2.45, 2.75) is 45.8 Å². The summed E-state index contributed by atoms with van der Waals surface area (Å²) < 4.78 is 0. The summed E-state index contributed by atoms with van der Waals surface area (Å²) in [5, 5.41) is 13.1. The summed E-state index contributed by atoms with van der Waals surface area (Å²) in [5.41, 5.74) is 2.62. The van der Waals surface area contributed by atoms with Crippen molar-refractivity contribution >= 4 is 5.69 Å². The lowest BCUT2D eigenvalue weighted by molar-refractivity contribution is 0.123. The van der Waals surface area contributed by atoms with E-state index in [-0.39, 0.29) is 6.10 Å². The maximum atomic E-state index is 9.75. The van der Waals surface area contributed by atoms with Gasteiger partial charge in [-0.05, 0) is 42.9 Å². The molecule has 1 fully saturated rings. The summed E-state index contributed by atoms with van der Waals surface area (Å²) in [6, 6.07) is 8.83. The fourth-order valence-electron chi connectivity index (χ4n) is 2.58. The summed E-state index contributed by atoms with van der Waals surface area (Å²) in [4.78, 5) is 2.48. The molecule has 0 aromatic heterocycles. The third-order valence-corrected chi connectivity index (χ3v) is 4.11. The maximum Gasteiger partial charge on any atom is 0.0687 e. The number of anilines is 1. The average molecular weight is 276 g/mol. The molecule has 1 aliphatic rings. The van der Waals surface area contributed by atoms with Gasteiger partial charge in [-0.3, -0.25) is 0 Å². The minimum absolute atomic E-state index is 0.261. The van der Waals surface area contributed by atoms with Gasteiger partial charge < -0.3 is 15.3 Å². The molecule has 1 saturated heterocycles. The Labute approximate surface area is 123 Å². The van der Waals surface area contributed by atoms with E-state index in [4.69, 9.17) is 0 Å². The second-order valence-electron chi connectivity index (χ2n) is 6.16. The Morgan fingerprint density at radius 2 is 1.75 bits per heavy atom. The minimum Gasteiger partial charge on any atom is -0.392 e. The smallest absolute Gasteiger partial charge is 0.0687 e. The number of hydrogen-bond donors (Lipinski definition) is 2. The van der Waals surface area contributed by atoms with E-state index >= 15 is 0 Å². The molecule has 1 heterocycles. The largest absolute Gasteiger partial charge is 0.392 e. The van der Waals surface area contributed by atoms with Crippen LogP contribution in [0.1, 0.15) is 38.7 Å². The van der Waals surface area contributed by atoms with Crippen LogP contribution in [0.15, 0.2) is 24.3 Å². The average Bonchev–Trinajstić information content (AvgIpc) is 2.48. The molecule has 3 nitrogen and oxygen atoms in total. The van der Waals surface area contributed by atoms with E-state index in [1.807, 2.05) is 13.8 Å². The summed E-state index contributed by atoms with van der Waals surface area (Å²) in [6.07, 6.45) is 3.74. The van der Waals surface area contributed by atoms with E-state index in [0.29, 0.717) is 12.5 Å². The molecule has 1 atom stereocenters. The SMILES string of the molecule is CC(C)C(O)CNCc1ccc(N2CCCCC2)cc1. The van der Waals surface area contributed by atoms with E-state index in [9.17, 15) is 5.11 Å². The fraction of sp³-hybridized carbons (Fsp3) is 0.647. The lowest BCUT2D eigenvalue weighted by Gasteiger charge is -2.28. The van der Waals surface area contributed by atoms with Crippen molar-refractivity contribution < 1.29 is 5.11 Å². The molecule has 0 saturated carbocycles. The topological polar surface area (TPSA) is 35.5 Å². The van der Waals surface area contributed by atoms with Gasteiger partial charge >= 0.3 is 0 Å². The molecular weight excluding hydrogens is 248 g/mol. The van der Waals surface area contributed by atoms with Crippen molar-refractivity contribution in [2.75, 3.05) is 24.5 Å². The van der Waals surface area contributed by atoms with Crippen LogP contribution in [0.5, 0.6) is 0 Å². The first-order chi connectivity index (χ1) is 9.66. The Balaban J connectivity index is 1.79. The molecule has 20 heavy (non-hydrogen) atoms. The lowest BCUT2D eigenvalue weighted by Crippen LogP contribution is -2.30. The van der Waals surface area contributed by atoms with Gasteiger partial charge in [0.15, 0.2) is 0 Å². The molecule has 112 valence electrons. The van der Waals surface area contributed by atoms with Crippen LogP contribution in [0.25, 0.3) is 0 Å². The summed E-state index contributed by atoms with van der Waals surface area (Å²) >= 11 is 0. The van der Waals surface area contributed by atoms with Crippen molar-refractivity contribution in [1.82, 2.24) is 5.32 Å². The number of aliphatic hydroxyl groups excluding tert-OH is 1. The number of hydrogen-bond acceptors (Lipinski definition) is 3. The van der Waals surface area contributed by atoms with E-state index in [2.05, 4.69) is 34.5 Å². The van der Waals surface area contributed by atoms with Crippen molar-refractivity contribution in [3.05, 3.63) is 29.8 Å². The van der Waals surface area contributed by atoms with E-state index < -0.39 is 0 Å². The Morgan fingerprint density at radius 3 is 2.35 bits per heavy atom. The van der Waals surface area contributed by atoms with Crippen molar-refractivity contribution in [3.63, 3.8) is 0 Å². The van der Waals surface area contributed by atoms with Crippen molar-refractivity contribution in [1.29, 1.82) is 0 Å². The van der Waals surface area contributed by atoms with Gasteiger partial charge in [-0.15, -0.1) is 0 Å². The molecule has 1 unspecified atom stereocenters. The number of aliphatic hydroxyl groups is 1. The van der Waals surface area contributed by atoms with Gasteiger partial charge in [0.25, 0.3) is 0 Å². The van der Waals surface area contributed by atoms with Gasteiger partial charge in [0.2, 0.25) is 0 Å². The quantitative estimate of drug-likeness (QED) is 0.838. The monoisotopic (exact) mass is 276 g/mol. The molecule has 1 aromatic rings. The van der Waals surface area contributed by atoms with Crippen LogP contribution in [0, 0.1) is 5.92 Å². The van der Waals surface area contributed by atoms with Gasteiger partial charge in [0.05, 0.1) is 6.10 Å². The normalized spacial score (nSPS) is 17.5. The third-order valence-electron chi connectivity index (χ3n) is 4.11. The van der Waals surface area contributed by atoms with Crippen LogP contribution in [0.3, 0.4) is 0 Å². The van der Waals surface area contributed by atoms with E-state index in [0.717, 1.165) is 6.54 Å². The second-order valence-corrected chi connectivity index (χ2v) is 6.16. The number of rotatable bonds is 6. The molecule has 2 rings (SSSR count). The Bertz CT molecular complexity index is 382. The Hall–Kier alpha value is -1.06. The molecule has 0 radical (unpaired) electrons. The van der Waals surface area contributed by atoms with Crippen LogP contribution in [-0.4, -0.2) is 30.8 Å². The highest BCUT2D eigenvalue weighted by molar-refractivity contribution is 5.47. The summed E-state index contributed by atoms with van der Waals surface area (Å²) in [7, 11) is 0. The second kappa shape index (κ2) is 7.65. The molecule has 0 amide bonds. The van der Waals surface area contributed by atoms with E-state index in [1.165, 1.54) is 43.6 Å². The summed E-state index contributed by atoms with van der Waals surface area (Å²) in [5.74, 6) is 0.309. The van der Waals surface area contributed by atoms with Crippen LogP contribution in [0.4, 0.5) is 5.69 Å². The highest BCUT2D eigenvalue weighted by Gasteiger charge is 2.11. The Kier molecular flexibility index (Phi) is 5.86. The predicted octanol–water partition coefficient (Wildman–Crippen LogP) is 2.78. The van der Waals surface area contributed by atoms with Gasteiger partial charge in [0.1, 0.15) is 0 Å². The van der Waals surface area contributed by atoms with Crippen LogP contribution in [0.2, 0.25) is 0 Å². The Morgan fingerprint density at radius 1 is 1.10 bits per heavy atom. The van der Waals surface area contributed by atoms with Crippen molar-refractivity contribution in [2.24, 2.45) is 5.92 Å². The van der Waals surface area contributed by atoms with Gasteiger partial charge in [-0.25, -0.2) is 0 Å². The maximum absolute atomic E-state index is 9.75. The van der Waals surface area contributed by atoms with Crippen LogP contribution >= 0.6 is 0 Å². The number of nitrogens with zero attached hydrogens (tertiary/aromatic N) is 1. The molecule has 3 heteroatoms. The van der Waals surface area contributed by atoms with E-state index in [1.54, 1.807) is 0 Å². The number of piperidine rings is 1. The first kappa shape index (κ1) is 15.3. The minimum atomic E-state index is -0.261. The third kappa shape index (κ3) is 4.50. The zero-order valence-corrected chi connectivity index (χ0v) is 12.8. The zero-order valence-electron chi connectivity index (χ0n) is 12.8. The highest BCUT2D eigenvalue weighted by Crippen LogP contribution is 2.20. The summed E-state index contributed by atoms with van der Waals surface area (Å²) in [6.45, 7) is 7.95. The van der Waals surface area contributed by atoms with Crippen LogP contribution < -0.4 is 10.2 Å². The highest BCUT2D eigenvalue weighted by atomic mass is 16.3. The van der Waals surface area contributed by atoms with Crippen molar-refractivity contribution in [3.8, 4) is 0 Å². The van der Waals surface area contributed by atoms with Gasteiger partial charge in [-0.2, -0.15) is 0 Å². The van der Waals surface area contributed by atoms with Gasteiger partial charge in [0, 0.05) is 31.9 Å². The molecular formula is C17H28N2O. The molecule has 2 N–H and O–H groups in total. The zero-order chi connectivity index (χ0) is 14.4. The molecule has 0 aliphatic carbocycles. The lowest BCUT2D eigenvalue weighted by atomic mass is 10.1. The molecule has 0 bridgehead atoms.